The molecule has 0 amide bonds. The van der Waals surface area contributed by atoms with Gasteiger partial charge in [0, 0.05) is 11.8 Å². The molecular weight excluding hydrogens is 302 g/mol. The number of aliphatic imine (C=N–C) groups is 1. The van der Waals surface area contributed by atoms with Gasteiger partial charge < -0.3 is 9.84 Å². The molecule has 0 radical (unpaired) electrons. The predicted molar refractivity (Wildman–Crippen MR) is 73.4 cm³/mol. The molecule has 0 bridgehead atoms. The Hall–Kier alpha value is -2.57. The number of phenolic OH excluding ortho intramolecular Hbond substituents is 1. The summed E-state index contributed by atoms with van der Waals surface area (Å²) in [6, 6.07) is 11.4. The van der Waals surface area contributed by atoms with E-state index in [4.69, 9.17) is 0 Å². The van der Waals surface area contributed by atoms with E-state index in [2.05, 4.69) is 9.73 Å². The molecule has 116 valence electrons. The van der Waals surface area contributed by atoms with Crippen molar-refractivity contribution in [3.05, 3.63) is 54.1 Å². The van der Waals surface area contributed by atoms with Crippen molar-refractivity contribution in [1.82, 2.24) is 0 Å². The van der Waals surface area contributed by atoms with Gasteiger partial charge in [-0.3, -0.25) is 4.99 Å². The van der Waals surface area contributed by atoms with Crippen LogP contribution in [-0.4, -0.2) is 23.9 Å². The molecule has 0 saturated heterocycles. The second kappa shape index (κ2) is 6.46. The molecular formula is C15H11F4NO2. The summed E-state index contributed by atoms with van der Waals surface area (Å²) in [6.45, 7) is 0. The fourth-order valence-corrected chi connectivity index (χ4v) is 1.54. The lowest BCUT2D eigenvalue weighted by Gasteiger charge is -2.16. The number of para-hydroxylation sites is 1. The fraction of sp³-hybridized carbons (Fsp3) is 0.133. The topological polar surface area (TPSA) is 41.8 Å². The summed E-state index contributed by atoms with van der Waals surface area (Å²) in [7, 11) is 0. The van der Waals surface area contributed by atoms with Gasteiger partial charge in [0.25, 0.3) is 0 Å². The van der Waals surface area contributed by atoms with Crippen LogP contribution in [0.1, 0.15) is 5.56 Å². The van der Waals surface area contributed by atoms with Gasteiger partial charge in [0.15, 0.2) is 0 Å². The monoisotopic (exact) mass is 313 g/mol. The highest BCUT2D eigenvalue weighted by Gasteiger charge is 2.43. The van der Waals surface area contributed by atoms with Crippen molar-refractivity contribution in [2.24, 2.45) is 4.99 Å². The molecule has 22 heavy (non-hydrogen) atoms. The zero-order valence-corrected chi connectivity index (χ0v) is 11.1. The van der Waals surface area contributed by atoms with Gasteiger partial charge >= 0.3 is 12.5 Å². The Kier molecular flexibility index (Phi) is 4.65. The number of alkyl halides is 4. The van der Waals surface area contributed by atoms with Crippen LogP contribution < -0.4 is 4.74 Å². The Morgan fingerprint density at radius 1 is 1.05 bits per heavy atom. The number of rotatable bonds is 5. The molecule has 0 unspecified atom stereocenters. The first-order chi connectivity index (χ1) is 10.4. The van der Waals surface area contributed by atoms with E-state index in [1.807, 2.05) is 0 Å². The first kappa shape index (κ1) is 15.8. The summed E-state index contributed by atoms with van der Waals surface area (Å²) >= 11 is 0. The van der Waals surface area contributed by atoms with Gasteiger partial charge in [0.1, 0.15) is 11.5 Å². The van der Waals surface area contributed by atoms with Gasteiger partial charge in [0.2, 0.25) is 0 Å². The van der Waals surface area contributed by atoms with Crippen LogP contribution in [0.5, 0.6) is 11.5 Å². The van der Waals surface area contributed by atoms with Gasteiger partial charge in [-0.05, 0) is 36.4 Å². The normalized spacial score (nSPS) is 12.0. The maximum absolute atomic E-state index is 12.7. The maximum atomic E-state index is 12.7. The Balaban J connectivity index is 2.08. The van der Waals surface area contributed by atoms with Crippen LogP contribution in [0.25, 0.3) is 0 Å². The van der Waals surface area contributed by atoms with Crippen LogP contribution in [0, 0.1) is 0 Å². The minimum absolute atomic E-state index is 0.0442. The van der Waals surface area contributed by atoms with Crippen molar-refractivity contribution in [3.63, 3.8) is 0 Å². The van der Waals surface area contributed by atoms with Gasteiger partial charge in [-0.15, -0.1) is 0 Å². The molecule has 0 spiro atoms. The minimum Gasteiger partial charge on any atom is -0.507 e. The summed E-state index contributed by atoms with van der Waals surface area (Å²) in [5.41, 5.74) is 0.864. The first-order valence-corrected chi connectivity index (χ1v) is 6.15. The molecule has 0 aliphatic heterocycles. The van der Waals surface area contributed by atoms with Crippen LogP contribution in [-0.2, 0) is 0 Å². The van der Waals surface area contributed by atoms with Crippen molar-refractivity contribution in [3.8, 4) is 11.5 Å². The Morgan fingerprint density at radius 3 is 2.27 bits per heavy atom. The maximum Gasteiger partial charge on any atom is 0.461 e. The number of benzene rings is 2. The smallest absolute Gasteiger partial charge is 0.461 e. The molecule has 3 nitrogen and oxygen atoms in total. The molecule has 0 aliphatic rings. The van der Waals surface area contributed by atoms with E-state index >= 15 is 0 Å². The Labute approximate surface area is 123 Å². The van der Waals surface area contributed by atoms with Gasteiger partial charge in [0.05, 0.1) is 5.69 Å². The fourth-order valence-electron chi connectivity index (χ4n) is 1.54. The Bertz CT molecular complexity index is 657. The zero-order valence-electron chi connectivity index (χ0n) is 11.1. The number of nitrogens with zero attached hydrogens (tertiary/aromatic N) is 1. The quantitative estimate of drug-likeness (QED) is 0.657. The van der Waals surface area contributed by atoms with E-state index in [-0.39, 0.29) is 5.75 Å². The van der Waals surface area contributed by atoms with Crippen LogP contribution in [0.15, 0.2) is 53.5 Å². The van der Waals surface area contributed by atoms with Gasteiger partial charge in [-0.25, -0.2) is 0 Å². The zero-order chi connectivity index (χ0) is 16.2. The molecule has 0 saturated carbocycles. The lowest BCUT2D eigenvalue weighted by Crippen LogP contribution is -2.33. The van der Waals surface area contributed by atoms with E-state index in [0.29, 0.717) is 11.3 Å². The largest absolute Gasteiger partial charge is 0.507 e. The molecule has 2 aromatic rings. The number of ether oxygens (including phenoxy) is 1. The van der Waals surface area contributed by atoms with Gasteiger partial charge in [-0.2, -0.15) is 17.6 Å². The van der Waals surface area contributed by atoms with Crippen LogP contribution >= 0.6 is 0 Å². The molecule has 2 rings (SSSR count). The lowest BCUT2D eigenvalue weighted by atomic mass is 10.2. The van der Waals surface area contributed by atoms with Crippen molar-refractivity contribution in [1.29, 1.82) is 0 Å². The highest BCUT2D eigenvalue weighted by Crippen LogP contribution is 2.28. The second-order valence-electron chi connectivity index (χ2n) is 4.28. The molecule has 1 N–H and O–H groups in total. The van der Waals surface area contributed by atoms with Crippen LogP contribution in [0.4, 0.5) is 23.2 Å². The first-order valence-electron chi connectivity index (χ1n) is 6.15. The third kappa shape index (κ3) is 3.97. The summed E-state index contributed by atoms with van der Waals surface area (Å²) in [5.74, 6) is -0.352. The number of hydrogen-bond donors (Lipinski definition) is 1. The van der Waals surface area contributed by atoms with Crippen LogP contribution in [0.3, 0.4) is 0 Å². The Morgan fingerprint density at radius 2 is 1.68 bits per heavy atom. The molecule has 0 aromatic heterocycles. The third-order valence-electron chi connectivity index (χ3n) is 2.63. The van der Waals surface area contributed by atoms with Crippen molar-refractivity contribution < 1.29 is 27.4 Å². The number of phenols is 1. The number of hydrogen-bond acceptors (Lipinski definition) is 3. The molecule has 0 aliphatic carbocycles. The van der Waals surface area contributed by atoms with Crippen molar-refractivity contribution >= 4 is 11.9 Å². The lowest BCUT2D eigenvalue weighted by molar-refractivity contribution is -0.253. The standard InChI is InChI=1S/C15H11F4NO2/c16-14(17)15(18,19)22-12-7-5-11(6-8-12)20-9-10-3-1-2-4-13(10)21/h1-9,14,21H. The molecule has 0 heterocycles. The summed E-state index contributed by atoms with van der Waals surface area (Å²) in [6.07, 6.45) is -7.06. The summed E-state index contributed by atoms with van der Waals surface area (Å²) < 4.78 is 53.4. The second-order valence-corrected chi connectivity index (χ2v) is 4.28. The van der Waals surface area contributed by atoms with Crippen molar-refractivity contribution in [2.45, 2.75) is 12.5 Å². The number of aromatic hydroxyl groups is 1. The van der Waals surface area contributed by atoms with Crippen LogP contribution in [0.2, 0.25) is 0 Å². The number of halogens is 4. The van der Waals surface area contributed by atoms with E-state index in [0.717, 1.165) is 12.1 Å². The average Bonchev–Trinajstić information content (AvgIpc) is 2.47. The molecule has 0 atom stereocenters. The van der Waals surface area contributed by atoms with E-state index in [1.54, 1.807) is 18.2 Å². The van der Waals surface area contributed by atoms with E-state index < -0.39 is 18.3 Å². The predicted octanol–water partition coefficient (Wildman–Crippen LogP) is 4.38. The van der Waals surface area contributed by atoms with Crippen molar-refractivity contribution in [2.75, 3.05) is 0 Å². The summed E-state index contributed by atoms with van der Waals surface area (Å²) in [5, 5.41) is 9.55. The molecule has 2 aromatic carbocycles. The summed E-state index contributed by atoms with van der Waals surface area (Å²) in [4.78, 5) is 4.03. The minimum atomic E-state index is -4.54. The molecule has 0 fully saturated rings. The highest BCUT2D eigenvalue weighted by atomic mass is 19.3. The average molecular weight is 313 g/mol. The molecule has 7 heteroatoms. The van der Waals surface area contributed by atoms with Gasteiger partial charge in [-0.1, -0.05) is 12.1 Å². The highest BCUT2D eigenvalue weighted by molar-refractivity contribution is 5.85. The van der Waals surface area contributed by atoms with E-state index in [9.17, 15) is 22.7 Å². The SMILES string of the molecule is Oc1ccccc1C=Nc1ccc(OC(F)(F)C(F)F)cc1. The third-order valence-corrected chi connectivity index (χ3v) is 2.63. The van der Waals surface area contributed by atoms with E-state index in [1.165, 1.54) is 24.4 Å².